The Hall–Kier alpha value is -2.29. The Kier molecular flexibility index (Phi) is 4.47. The highest BCUT2D eigenvalue weighted by molar-refractivity contribution is 6.33. The average Bonchev–Trinajstić information content (AvgIpc) is 2.95. The zero-order valence-corrected chi connectivity index (χ0v) is 15.1. The molecule has 10 heteroatoms. The smallest absolute Gasteiger partial charge is 0.328 e. The molecule has 8 nitrogen and oxygen atoms in total. The van der Waals surface area contributed by atoms with Crippen LogP contribution in [0.25, 0.3) is 11.2 Å². The van der Waals surface area contributed by atoms with Crippen molar-refractivity contribution in [2.75, 3.05) is 24.3 Å². The molecule has 0 atom stereocenters. The number of nitrogens with zero attached hydrogens (tertiary/aromatic N) is 3. The first-order valence-corrected chi connectivity index (χ1v) is 8.86. The largest absolute Gasteiger partial charge is 0.397 e. The van der Waals surface area contributed by atoms with Crippen molar-refractivity contribution in [2.45, 2.75) is 18.9 Å². The first-order chi connectivity index (χ1) is 12.5. The molecule has 3 heterocycles. The van der Waals surface area contributed by atoms with Gasteiger partial charge in [-0.1, -0.05) is 23.2 Å². The molecule has 0 unspecified atom stereocenters. The molecule has 1 aliphatic heterocycles. The summed E-state index contributed by atoms with van der Waals surface area (Å²) < 4.78 is 7.00. The van der Waals surface area contributed by atoms with E-state index in [9.17, 15) is 4.79 Å². The molecule has 0 spiro atoms. The number of hydrogen-bond donors (Lipinski definition) is 3. The van der Waals surface area contributed by atoms with Crippen LogP contribution in [0.2, 0.25) is 10.2 Å². The Morgan fingerprint density at radius 3 is 2.81 bits per heavy atom. The average molecular weight is 395 g/mol. The van der Waals surface area contributed by atoms with Crippen molar-refractivity contribution >= 4 is 51.7 Å². The van der Waals surface area contributed by atoms with Gasteiger partial charge in [0.2, 0.25) is 5.95 Å². The molecule has 1 aromatic carbocycles. The zero-order chi connectivity index (χ0) is 18.3. The third-order valence-corrected chi connectivity index (χ3v) is 4.85. The predicted molar refractivity (Wildman–Crippen MR) is 101 cm³/mol. The Bertz CT molecular complexity index is 1030. The standard InChI is InChI=1S/C16H16Cl2N6O2/c17-8-1-2-10(19)11(7-8)20-15-22-13(18)12-14(23-15)24(16(25)21-12)9-3-5-26-6-4-9/h1-2,7,9H,3-6,19H2,(H,21,25)(H,20,22,23). The number of nitrogens with one attached hydrogen (secondary N) is 2. The number of benzene rings is 1. The second kappa shape index (κ2) is 6.79. The molecule has 0 amide bonds. The Balaban J connectivity index is 1.79. The van der Waals surface area contributed by atoms with E-state index >= 15 is 0 Å². The molecule has 0 aliphatic carbocycles. The number of anilines is 3. The monoisotopic (exact) mass is 394 g/mol. The fourth-order valence-electron chi connectivity index (χ4n) is 3.06. The zero-order valence-electron chi connectivity index (χ0n) is 13.6. The summed E-state index contributed by atoms with van der Waals surface area (Å²) >= 11 is 12.3. The van der Waals surface area contributed by atoms with Gasteiger partial charge in [-0.05, 0) is 31.0 Å². The summed E-state index contributed by atoms with van der Waals surface area (Å²) in [6.07, 6.45) is 1.47. The summed E-state index contributed by atoms with van der Waals surface area (Å²) in [7, 11) is 0. The molecular formula is C16H16Cl2N6O2. The van der Waals surface area contributed by atoms with Crippen molar-refractivity contribution in [3.63, 3.8) is 0 Å². The number of imidazole rings is 1. The minimum absolute atomic E-state index is 0.0000517. The van der Waals surface area contributed by atoms with Crippen LogP contribution in [0, 0.1) is 0 Å². The second-order valence-corrected chi connectivity index (χ2v) is 6.83. The molecule has 0 radical (unpaired) electrons. The molecule has 2 aromatic heterocycles. The van der Waals surface area contributed by atoms with E-state index in [0.717, 1.165) is 12.8 Å². The summed E-state index contributed by atoms with van der Waals surface area (Å²) in [5.41, 5.74) is 7.60. The maximum absolute atomic E-state index is 12.4. The highest BCUT2D eigenvalue weighted by atomic mass is 35.5. The number of halogens is 2. The molecule has 0 saturated carbocycles. The molecule has 4 rings (SSSR count). The van der Waals surface area contributed by atoms with Crippen LogP contribution in [-0.2, 0) is 4.74 Å². The topological polar surface area (TPSA) is 111 Å². The highest BCUT2D eigenvalue weighted by Crippen LogP contribution is 2.29. The lowest BCUT2D eigenvalue weighted by atomic mass is 10.1. The number of nitrogens with two attached hydrogens (primary N) is 1. The van der Waals surface area contributed by atoms with Crippen LogP contribution >= 0.6 is 23.2 Å². The number of ether oxygens (including phenoxy) is 1. The maximum Gasteiger partial charge on any atom is 0.328 e. The minimum Gasteiger partial charge on any atom is -0.397 e. The number of nitrogen functional groups attached to an aromatic ring is 1. The lowest BCUT2D eigenvalue weighted by molar-refractivity contribution is 0.0697. The van der Waals surface area contributed by atoms with Gasteiger partial charge in [0.15, 0.2) is 10.8 Å². The van der Waals surface area contributed by atoms with E-state index in [1.165, 1.54) is 0 Å². The first-order valence-electron chi connectivity index (χ1n) is 8.10. The fraction of sp³-hybridized carbons (Fsp3) is 0.312. The van der Waals surface area contributed by atoms with Crippen LogP contribution < -0.4 is 16.7 Å². The molecule has 1 aliphatic rings. The van der Waals surface area contributed by atoms with E-state index in [1.807, 2.05) is 0 Å². The SMILES string of the molecule is Nc1ccc(Cl)cc1Nc1nc(Cl)c2[nH]c(=O)n(C3CCOCC3)c2n1. The lowest BCUT2D eigenvalue weighted by Crippen LogP contribution is -2.27. The van der Waals surface area contributed by atoms with Crippen molar-refractivity contribution in [2.24, 2.45) is 0 Å². The molecule has 136 valence electrons. The number of H-pyrrole nitrogens is 1. The third-order valence-electron chi connectivity index (χ3n) is 4.34. The van der Waals surface area contributed by atoms with Gasteiger partial charge in [0.25, 0.3) is 0 Å². The van der Waals surface area contributed by atoms with Crippen molar-refractivity contribution in [1.29, 1.82) is 0 Å². The van der Waals surface area contributed by atoms with E-state index in [2.05, 4.69) is 20.3 Å². The normalized spacial score (nSPS) is 15.5. The Labute approximate surface area is 158 Å². The first kappa shape index (κ1) is 17.1. The van der Waals surface area contributed by atoms with Crippen LogP contribution in [0.3, 0.4) is 0 Å². The van der Waals surface area contributed by atoms with Gasteiger partial charge >= 0.3 is 5.69 Å². The van der Waals surface area contributed by atoms with Crippen LogP contribution in [0.1, 0.15) is 18.9 Å². The number of fused-ring (bicyclic) bond motifs is 1. The highest BCUT2D eigenvalue weighted by Gasteiger charge is 2.23. The number of aromatic nitrogens is 4. The molecule has 1 saturated heterocycles. The van der Waals surface area contributed by atoms with E-state index in [-0.39, 0.29) is 22.8 Å². The van der Waals surface area contributed by atoms with E-state index in [1.54, 1.807) is 22.8 Å². The molecule has 3 aromatic rings. The fourth-order valence-corrected chi connectivity index (χ4v) is 3.45. The minimum atomic E-state index is -0.262. The van der Waals surface area contributed by atoms with Gasteiger partial charge in [-0.2, -0.15) is 9.97 Å². The van der Waals surface area contributed by atoms with E-state index in [0.29, 0.717) is 40.8 Å². The summed E-state index contributed by atoms with van der Waals surface area (Å²) in [5, 5.41) is 3.69. The van der Waals surface area contributed by atoms with Gasteiger partial charge in [-0.15, -0.1) is 0 Å². The number of hydrogen-bond acceptors (Lipinski definition) is 6. The number of rotatable bonds is 3. The van der Waals surface area contributed by atoms with Gasteiger partial charge in [0, 0.05) is 24.3 Å². The molecule has 0 bridgehead atoms. The van der Waals surface area contributed by atoms with Gasteiger partial charge in [-0.25, -0.2) is 4.79 Å². The van der Waals surface area contributed by atoms with E-state index in [4.69, 9.17) is 33.7 Å². The van der Waals surface area contributed by atoms with Gasteiger partial charge in [-0.3, -0.25) is 4.57 Å². The molecule has 26 heavy (non-hydrogen) atoms. The molecule has 1 fully saturated rings. The van der Waals surface area contributed by atoms with Crippen LogP contribution in [0.5, 0.6) is 0 Å². The summed E-state index contributed by atoms with van der Waals surface area (Å²) in [6, 6.07) is 5.04. The van der Waals surface area contributed by atoms with Crippen molar-refractivity contribution in [3.05, 3.63) is 38.9 Å². The molecular weight excluding hydrogens is 379 g/mol. The van der Waals surface area contributed by atoms with Crippen LogP contribution in [0.15, 0.2) is 23.0 Å². The quantitative estimate of drug-likeness (QED) is 0.464. The Morgan fingerprint density at radius 2 is 2.04 bits per heavy atom. The second-order valence-electron chi connectivity index (χ2n) is 6.04. The van der Waals surface area contributed by atoms with Gasteiger partial charge in [0.05, 0.1) is 11.4 Å². The summed E-state index contributed by atoms with van der Waals surface area (Å²) in [6.45, 7) is 1.21. The summed E-state index contributed by atoms with van der Waals surface area (Å²) in [4.78, 5) is 23.9. The predicted octanol–water partition coefficient (Wildman–Crippen LogP) is 3.10. The number of aromatic amines is 1. The van der Waals surface area contributed by atoms with E-state index < -0.39 is 0 Å². The van der Waals surface area contributed by atoms with Gasteiger partial charge in [0.1, 0.15) is 5.52 Å². The van der Waals surface area contributed by atoms with Crippen molar-refractivity contribution < 1.29 is 4.74 Å². The lowest BCUT2D eigenvalue weighted by Gasteiger charge is -2.22. The summed E-state index contributed by atoms with van der Waals surface area (Å²) in [5.74, 6) is 0.233. The van der Waals surface area contributed by atoms with Crippen LogP contribution in [0.4, 0.5) is 17.3 Å². The van der Waals surface area contributed by atoms with Crippen molar-refractivity contribution in [3.8, 4) is 0 Å². The maximum atomic E-state index is 12.4. The molecule has 4 N–H and O–H groups in total. The van der Waals surface area contributed by atoms with Gasteiger partial charge < -0.3 is 20.8 Å². The van der Waals surface area contributed by atoms with Crippen molar-refractivity contribution in [1.82, 2.24) is 19.5 Å². The Morgan fingerprint density at radius 1 is 1.27 bits per heavy atom. The third kappa shape index (κ3) is 3.11. The van der Waals surface area contributed by atoms with Crippen LogP contribution in [-0.4, -0.2) is 32.7 Å².